The smallest absolute Gasteiger partial charge is 0.00187 e. The Labute approximate surface area is 133 Å². The first kappa shape index (κ1) is 19.0. The predicted octanol–water partition coefficient (Wildman–Crippen LogP) is 5.11. The number of nitrogens with zero attached hydrogens (tertiary/aromatic N) is 1. The molecular formula is C19H40N2. The molecule has 0 unspecified atom stereocenters. The molecule has 0 radical (unpaired) electrons. The fourth-order valence-electron chi connectivity index (χ4n) is 3.43. The average Bonchev–Trinajstić information content (AvgIpc) is 2.77. The van der Waals surface area contributed by atoms with Crippen LogP contribution in [-0.2, 0) is 0 Å². The van der Waals surface area contributed by atoms with Crippen molar-refractivity contribution >= 4 is 0 Å². The second-order valence-corrected chi connectivity index (χ2v) is 6.93. The largest absolute Gasteiger partial charge is 0.330 e. The van der Waals surface area contributed by atoms with Gasteiger partial charge < -0.3 is 10.6 Å². The van der Waals surface area contributed by atoms with Crippen molar-refractivity contribution in [2.75, 3.05) is 26.2 Å². The minimum Gasteiger partial charge on any atom is -0.330 e. The summed E-state index contributed by atoms with van der Waals surface area (Å²) >= 11 is 0. The van der Waals surface area contributed by atoms with E-state index in [2.05, 4.69) is 4.90 Å². The van der Waals surface area contributed by atoms with Gasteiger partial charge in [-0.2, -0.15) is 0 Å². The van der Waals surface area contributed by atoms with Gasteiger partial charge in [0.05, 0.1) is 0 Å². The van der Waals surface area contributed by atoms with Crippen molar-refractivity contribution < 1.29 is 0 Å². The summed E-state index contributed by atoms with van der Waals surface area (Å²) in [6.45, 7) is 4.97. The third-order valence-electron chi connectivity index (χ3n) is 4.88. The minimum atomic E-state index is 0.872. The summed E-state index contributed by atoms with van der Waals surface area (Å²) in [6.07, 6.45) is 21.3. The van der Waals surface area contributed by atoms with E-state index in [1.165, 1.54) is 116 Å². The molecule has 0 saturated carbocycles. The standard InChI is InChI=1S/C19H40N2/c20-16-12-8-6-4-2-1-3-5-7-9-13-17-21-18-14-10-11-15-19-21/h1-20H2. The van der Waals surface area contributed by atoms with E-state index in [0.717, 1.165) is 6.54 Å². The molecule has 126 valence electrons. The Hall–Kier alpha value is -0.0800. The Bertz CT molecular complexity index is 198. The van der Waals surface area contributed by atoms with Gasteiger partial charge in [0.15, 0.2) is 0 Å². The first-order valence-electron chi connectivity index (χ1n) is 9.86. The second kappa shape index (κ2) is 14.8. The maximum atomic E-state index is 5.50. The molecule has 0 aliphatic carbocycles. The van der Waals surface area contributed by atoms with Crippen LogP contribution in [0.4, 0.5) is 0 Å². The van der Waals surface area contributed by atoms with E-state index in [1.807, 2.05) is 0 Å². The van der Waals surface area contributed by atoms with Crippen LogP contribution in [0.1, 0.15) is 96.3 Å². The van der Waals surface area contributed by atoms with Crippen molar-refractivity contribution in [3.05, 3.63) is 0 Å². The van der Waals surface area contributed by atoms with Crippen molar-refractivity contribution in [2.45, 2.75) is 96.3 Å². The molecule has 21 heavy (non-hydrogen) atoms. The van der Waals surface area contributed by atoms with Gasteiger partial charge >= 0.3 is 0 Å². The van der Waals surface area contributed by atoms with E-state index in [9.17, 15) is 0 Å². The molecule has 0 bridgehead atoms. The van der Waals surface area contributed by atoms with Crippen molar-refractivity contribution in [3.63, 3.8) is 0 Å². The van der Waals surface area contributed by atoms with E-state index in [0.29, 0.717) is 0 Å². The highest BCUT2D eigenvalue weighted by Gasteiger charge is 2.07. The zero-order valence-corrected chi connectivity index (χ0v) is 14.5. The highest BCUT2D eigenvalue weighted by Crippen LogP contribution is 2.13. The Morgan fingerprint density at radius 2 is 0.952 bits per heavy atom. The van der Waals surface area contributed by atoms with Crippen molar-refractivity contribution in [2.24, 2.45) is 5.73 Å². The Balaban J connectivity index is 1.74. The van der Waals surface area contributed by atoms with Gasteiger partial charge in [0.1, 0.15) is 0 Å². The monoisotopic (exact) mass is 296 g/mol. The highest BCUT2D eigenvalue weighted by atomic mass is 15.1. The molecule has 1 aliphatic heterocycles. The first-order valence-corrected chi connectivity index (χ1v) is 9.86. The number of likely N-dealkylation sites (tertiary alicyclic amines) is 1. The quantitative estimate of drug-likeness (QED) is 0.478. The van der Waals surface area contributed by atoms with Gasteiger partial charge in [-0.05, 0) is 51.9 Å². The zero-order valence-electron chi connectivity index (χ0n) is 14.5. The van der Waals surface area contributed by atoms with E-state index in [4.69, 9.17) is 5.73 Å². The van der Waals surface area contributed by atoms with Crippen LogP contribution in [0.3, 0.4) is 0 Å². The molecule has 2 N–H and O–H groups in total. The molecule has 2 heteroatoms. The van der Waals surface area contributed by atoms with E-state index in [-0.39, 0.29) is 0 Å². The molecule has 2 nitrogen and oxygen atoms in total. The molecule has 1 rings (SSSR count). The van der Waals surface area contributed by atoms with Crippen LogP contribution in [0.2, 0.25) is 0 Å². The van der Waals surface area contributed by atoms with Gasteiger partial charge in [-0.25, -0.2) is 0 Å². The summed E-state index contributed by atoms with van der Waals surface area (Å²) in [5, 5.41) is 0. The fourth-order valence-corrected chi connectivity index (χ4v) is 3.43. The van der Waals surface area contributed by atoms with E-state index < -0.39 is 0 Å². The molecule has 0 aromatic rings. The van der Waals surface area contributed by atoms with E-state index >= 15 is 0 Å². The molecule has 0 amide bonds. The molecule has 0 spiro atoms. The molecule has 1 fully saturated rings. The van der Waals surface area contributed by atoms with Crippen LogP contribution in [0, 0.1) is 0 Å². The second-order valence-electron chi connectivity index (χ2n) is 6.93. The Morgan fingerprint density at radius 1 is 0.524 bits per heavy atom. The third kappa shape index (κ3) is 12.2. The zero-order chi connectivity index (χ0) is 15.0. The van der Waals surface area contributed by atoms with Crippen LogP contribution < -0.4 is 5.73 Å². The maximum absolute atomic E-state index is 5.50. The van der Waals surface area contributed by atoms with Crippen molar-refractivity contribution in [3.8, 4) is 0 Å². The normalized spacial score (nSPS) is 17.0. The van der Waals surface area contributed by atoms with Gasteiger partial charge in [-0.3, -0.25) is 0 Å². The average molecular weight is 297 g/mol. The molecular weight excluding hydrogens is 256 g/mol. The summed E-state index contributed by atoms with van der Waals surface area (Å²) < 4.78 is 0. The number of hydrogen-bond donors (Lipinski definition) is 1. The molecule has 0 atom stereocenters. The summed E-state index contributed by atoms with van der Waals surface area (Å²) in [4.78, 5) is 2.70. The lowest BCUT2D eigenvalue weighted by Crippen LogP contribution is -2.25. The van der Waals surface area contributed by atoms with Gasteiger partial charge in [-0.15, -0.1) is 0 Å². The van der Waals surface area contributed by atoms with Crippen LogP contribution in [0.25, 0.3) is 0 Å². The molecule has 1 saturated heterocycles. The van der Waals surface area contributed by atoms with Gasteiger partial charge in [0.25, 0.3) is 0 Å². The SMILES string of the molecule is NCCCCCCCCCCCCCN1CCCCCC1. The van der Waals surface area contributed by atoms with Crippen molar-refractivity contribution in [1.82, 2.24) is 4.90 Å². The molecule has 0 aromatic heterocycles. The van der Waals surface area contributed by atoms with Crippen LogP contribution in [0.5, 0.6) is 0 Å². The number of nitrogens with two attached hydrogens (primary N) is 1. The van der Waals surface area contributed by atoms with Crippen LogP contribution in [0.15, 0.2) is 0 Å². The lowest BCUT2D eigenvalue weighted by molar-refractivity contribution is 0.277. The predicted molar refractivity (Wildman–Crippen MR) is 94.7 cm³/mol. The van der Waals surface area contributed by atoms with Gasteiger partial charge in [0.2, 0.25) is 0 Å². The van der Waals surface area contributed by atoms with Gasteiger partial charge in [-0.1, -0.05) is 70.6 Å². The summed E-state index contributed by atoms with van der Waals surface area (Å²) in [5.41, 5.74) is 5.50. The lowest BCUT2D eigenvalue weighted by atomic mass is 10.1. The van der Waals surface area contributed by atoms with Crippen LogP contribution >= 0.6 is 0 Å². The number of unbranched alkanes of at least 4 members (excludes halogenated alkanes) is 10. The third-order valence-corrected chi connectivity index (χ3v) is 4.88. The van der Waals surface area contributed by atoms with E-state index in [1.54, 1.807) is 0 Å². The molecule has 1 heterocycles. The number of hydrogen-bond acceptors (Lipinski definition) is 2. The molecule has 0 aromatic carbocycles. The van der Waals surface area contributed by atoms with Crippen molar-refractivity contribution in [1.29, 1.82) is 0 Å². The summed E-state index contributed by atoms with van der Waals surface area (Å²) in [6, 6.07) is 0. The lowest BCUT2D eigenvalue weighted by Gasteiger charge is -2.19. The fraction of sp³-hybridized carbons (Fsp3) is 1.00. The van der Waals surface area contributed by atoms with Gasteiger partial charge in [0, 0.05) is 0 Å². The number of rotatable bonds is 13. The Kier molecular flexibility index (Phi) is 13.4. The van der Waals surface area contributed by atoms with Crippen LogP contribution in [-0.4, -0.2) is 31.1 Å². The molecule has 1 aliphatic rings. The highest BCUT2D eigenvalue weighted by molar-refractivity contribution is 4.63. The topological polar surface area (TPSA) is 29.3 Å². The first-order chi connectivity index (χ1) is 10.4. The Morgan fingerprint density at radius 3 is 1.43 bits per heavy atom. The summed E-state index contributed by atoms with van der Waals surface area (Å²) in [5.74, 6) is 0. The minimum absolute atomic E-state index is 0.872. The summed E-state index contributed by atoms with van der Waals surface area (Å²) in [7, 11) is 0. The maximum Gasteiger partial charge on any atom is -0.00187 e.